The molecule has 0 aliphatic heterocycles. The molecule has 0 heterocycles. The molecule has 2 aromatic rings. The molecule has 26 heavy (non-hydrogen) atoms. The number of ether oxygens (including phenoxy) is 1. The van der Waals surface area contributed by atoms with E-state index in [4.69, 9.17) is 4.74 Å². The van der Waals surface area contributed by atoms with E-state index in [-0.39, 0.29) is 17.5 Å². The molecule has 0 aliphatic carbocycles. The van der Waals surface area contributed by atoms with Crippen molar-refractivity contribution in [3.05, 3.63) is 59.7 Å². The summed E-state index contributed by atoms with van der Waals surface area (Å²) in [4.78, 5) is 12.0. The molecule has 0 fully saturated rings. The lowest BCUT2D eigenvalue weighted by atomic mass is 10.1. The van der Waals surface area contributed by atoms with E-state index in [0.717, 1.165) is 11.1 Å². The second kappa shape index (κ2) is 8.82. The highest BCUT2D eigenvalue weighted by molar-refractivity contribution is 7.89. The van der Waals surface area contributed by atoms with Crippen LogP contribution in [-0.2, 0) is 21.4 Å². The molecule has 0 unspecified atom stereocenters. The van der Waals surface area contributed by atoms with Gasteiger partial charge in [-0.15, -0.1) is 0 Å². The average molecular weight is 376 g/mol. The fraction of sp³-hybridized carbons (Fsp3) is 0.316. The lowest BCUT2D eigenvalue weighted by Crippen LogP contribution is -2.36. The average Bonchev–Trinajstić information content (AvgIpc) is 2.59. The molecule has 2 rings (SSSR count). The number of aryl methyl sites for hydroxylation is 1. The molecule has 0 saturated carbocycles. The summed E-state index contributed by atoms with van der Waals surface area (Å²) in [6.45, 7) is 5.79. The number of rotatable bonds is 8. The van der Waals surface area contributed by atoms with Crippen molar-refractivity contribution in [2.24, 2.45) is 0 Å². The van der Waals surface area contributed by atoms with E-state index in [1.807, 2.05) is 45.0 Å². The first-order valence-corrected chi connectivity index (χ1v) is 9.83. The molecule has 2 N–H and O–H groups in total. The number of hydrogen-bond acceptors (Lipinski definition) is 4. The van der Waals surface area contributed by atoms with E-state index in [0.29, 0.717) is 12.3 Å². The van der Waals surface area contributed by atoms with Crippen LogP contribution >= 0.6 is 0 Å². The van der Waals surface area contributed by atoms with Crippen LogP contribution in [0.15, 0.2) is 53.4 Å². The second-order valence-electron chi connectivity index (χ2n) is 6.22. The number of hydrogen-bond donors (Lipinski definition) is 2. The summed E-state index contributed by atoms with van der Waals surface area (Å²) < 4.78 is 32.3. The maximum Gasteiger partial charge on any atom is 0.241 e. The van der Waals surface area contributed by atoms with Crippen LogP contribution in [0.3, 0.4) is 0 Å². The molecule has 0 bridgehead atoms. The molecule has 0 spiro atoms. The number of carbonyl (C=O) groups excluding carboxylic acids is 1. The van der Waals surface area contributed by atoms with Gasteiger partial charge in [-0.25, -0.2) is 13.1 Å². The Balaban J connectivity index is 1.86. The van der Waals surface area contributed by atoms with Gasteiger partial charge >= 0.3 is 0 Å². The van der Waals surface area contributed by atoms with E-state index in [9.17, 15) is 13.2 Å². The summed E-state index contributed by atoms with van der Waals surface area (Å²) in [7, 11) is -3.76. The summed E-state index contributed by atoms with van der Waals surface area (Å²) >= 11 is 0. The standard InChI is InChI=1S/C19H24N2O4S/c1-14(2)25-17-8-10-18(11-9-17)26(23,24)21-13-19(22)20-12-16-6-4-15(3)5-7-16/h4-11,14,21H,12-13H2,1-3H3,(H,20,22). The maximum atomic E-state index is 12.2. The highest BCUT2D eigenvalue weighted by Gasteiger charge is 2.15. The van der Waals surface area contributed by atoms with Crippen molar-refractivity contribution in [2.45, 2.75) is 38.3 Å². The molecule has 140 valence electrons. The minimum atomic E-state index is -3.76. The number of carbonyl (C=O) groups is 1. The van der Waals surface area contributed by atoms with E-state index >= 15 is 0 Å². The van der Waals surface area contributed by atoms with Crippen LogP contribution < -0.4 is 14.8 Å². The number of sulfonamides is 1. The number of amides is 1. The molecule has 0 aromatic heterocycles. The fourth-order valence-corrected chi connectivity index (χ4v) is 3.16. The SMILES string of the molecule is Cc1ccc(CNC(=O)CNS(=O)(=O)c2ccc(OC(C)C)cc2)cc1. The van der Waals surface area contributed by atoms with Gasteiger partial charge in [0.15, 0.2) is 0 Å². The topological polar surface area (TPSA) is 84.5 Å². The summed E-state index contributed by atoms with van der Waals surface area (Å²) in [5.41, 5.74) is 2.09. The molecule has 0 radical (unpaired) electrons. The highest BCUT2D eigenvalue weighted by Crippen LogP contribution is 2.16. The first kappa shape index (κ1) is 19.9. The van der Waals surface area contributed by atoms with Gasteiger partial charge in [0.2, 0.25) is 15.9 Å². The predicted octanol–water partition coefficient (Wildman–Crippen LogP) is 2.38. The zero-order valence-electron chi connectivity index (χ0n) is 15.2. The van der Waals surface area contributed by atoms with Gasteiger partial charge in [-0.2, -0.15) is 0 Å². The van der Waals surface area contributed by atoms with Crippen molar-refractivity contribution in [2.75, 3.05) is 6.54 Å². The lowest BCUT2D eigenvalue weighted by molar-refractivity contribution is -0.120. The quantitative estimate of drug-likeness (QED) is 0.741. The van der Waals surface area contributed by atoms with Gasteiger partial charge in [0, 0.05) is 6.54 Å². The molecule has 0 saturated heterocycles. The number of benzene rings is 2. The molecular weight excluding hydrogens is 352 g/mol. The Hall–Kier alpha value is -2.38. The Labute approximate surface area is 154 Å². The molecule has 7 heteroatoms. The molecule has 0 atom stereocenters. The van der Waals surface area contributed by atoms with Gasteiger partial charge in [0.25, 0.3) is 0 Å². The predicted molar refractivity (Wildman–Crippen MR) is 100 cm³/mol. The Bertz CT molecular complexity index is 829. The molecule has 6 nitrogen and oxygen atoms in total. The van der Waals surface area contributed by atoms with Crippen molar-refractivity contribution in [3.8, 4) is 5.75 Å². The monoisotopic (exact) mass is 376 g/mol. The zero-order chi connectivity index (χ0) is 19.2. The van der Waals surface area contributed by atoms with Crippen LogP contribution in [0.5, 0.6) is 5.75 Å². The lowest BCUT2D eigenvalue weighted by Gasteiger charge is -2.11. The van der Waals surface area contributed by atoms with Crippen LogP contribution in [0.2, 0.25) is 0 Å². The van der Waals surface area contributed by atoms with E-state index in [1.54, 1.807) is 12.1 Å². The van der Waals surface area contributed by atoms with Gasteiger partial charge in [-0.3, -0.25) is 4.79 Å². The Kier molecular flexibility index (Phi) is 6.76. The van der Waals surface area contributed by atoms with E-state index in [2.05, 4.69) is 10.0 Å². The van der Waals surface area contributed by atoms with Gasteiger partial charge in [0.05, 0.1) is 17.5 Å². The zero-order valence-corrected chi connectivity index (χ0v) is 16.0. The van der Waals surface area contributed by atoms with Crippen LogP contribution in [0, 0.1) is 6.92 Å². The number of nitrogens with one attached hydrogen (secondary N) is 2. The maximum absolute atomic E-state index is 12.2. The van der Waals surface area contributed by atoms with Gasteiger partial charge in [-0.05, 0) is 50.6 Å². The smallest absolute Gasteiger partial charge is 0.241 e. The summed E-state index contributed by atoms with van der Waals surface area (Å²) in [6, 6.07) is 13.8. The van der Waals surface area contributed by atoms with Gasteiger partial charge < -0.3 is 10.1 Å². The Morgan fingerprint density at radius 3 is 2.23 bits per heavy atom. The normalized spacial score (nSPS) is 11.4. The summed E-state index contributed by atoms with van der Waals surface area (Å²) in [6.07, 6.45) is 0.00723. The third kappa shape index (κ3) is 6.16. The molecule has 0 aliphatic rings. The van der Waals surface area contributed by atoms with Crippen molar-refractivity contribution in [3.63, 3.8) is 0 Å². The van der Waals surface area contributed by atoms with Crippen LogP contribution in [0.25, 0.3) is 0 Å². The van der Waals surface area contributed by atoms with E-state index in [1.165, 1.54) is 12.1 Å². The highest BCUT2D eigenvalue weighted by atomic mass is 32.2. The van der Waals surface area contributed by atoms with Crippen LogP contribution in [0.1, 0.15) is 25.0 Å². The van der Waals surface area contributed by atoms with Crippen molar-refractivity contribution >= 4 is 15.9 Å². The van der Waals surface area contributed by atoms with Crippen molar-refractivity contribution in [1.29, 1.82) is 0 Å². The first-order valence-electron chi connectivity index (χ1n) is 8.35. The van der Waals surface area contributed by atoms with Gasteiger partial charge in [-0.1, -0.05) is 29.8 Å². The Morgan fingerprint density at radius 1 is 1.04 bits per heavy atom. The van der Waals surface area contributed by atoms with E-state index < -0.39 is 15.9 Å². The third-order valence-electron chi connectivity index (χ3n) is 3.54. The van der Waals surface area contributed by atoms with Crippen molar-refractivity contribution < 1.29 is 17.9 Å². The summed E-state index contributed by atoms with van der Waals surface area (Å²) in [5, 5.41) is 2.69. The fourth-order valence-electron chi connectivity index (χ4n) is 2.18. The molecule has 1 amide bonds. The second-order valence-corrected chi connectivity index (χ2v) is 7.99. The third-order valence-corrected chi connectivity index (χ3v) is 4.96. The van der Waals surface area contributed by atoms with Crippen LogP contribution in [0.4, 0.5) is 0 Å². The van der Waals surface area contributed by atoms with Gasteiger partial charge in [0.1, 0.15) is 5.75 Å². The van der Waals surface area contributed by atoms with Crippen LogP contribution in [-0.4, -0.2) is 27.0 Å². The molecular formula is C19H24N2O4S. The Morgan fingerprint density at radius 2 is 1.65 bits per heavy atom. The minimum absolute atomic E-state index is 0.00723. The van der Waals surface area contributed by atoms with Crippen molar-refractivity contribution in [1.82, 2.24) is 10.0 Å². The molecule has 2 aromatic carbocycles. The largest absolute Gasteiger partial charge is 0.491 e. The minimum Gasteiger partial charge on any atom is -0.491 e. The first-order chi connectivity index (χ1) is 12.3. The summed E-state index contributed by atoms with van der Waals surface area (Å²) in [5.74, 6) is 0.198.